The molecule has 2 aromatic rings. The minimum atomic E-state index is 0.0747. The van der Waals surface area contributed by atoms with Crippen molar-refractivity contribution >= 4 is 27.7 Å². The molecule has 0 bridgehead atoms. The Balaban J connectivity index is 2.13. The van der Waals surface area contributed by atoms with E-state index in [2.05, 4.69) is 52.2 Å². The molecule has 1 unspecified atom stereocenters. The van der Waals surface area contributed by atoms with Gasteiger partial charge in [0, 0.05) is 23.7 Å². The molecule has 0 aliphatic heterocycles. The van der Waals surface area contributed by atoms with Crippen LogP contribution in [0.3, 0.4) is 0 Å². The Morgan fingerprint density at radius 3 is 2.80 bits per heavy atom. The highest BCUT2D eigenvalue weighted by Crippen LogP contribution is 2.30. The van der Waals surface area contributed by atoms with Gasteiger partial charge in [-0.2, -0.15) is 5.10 Å². The molecule has 20 heavy (non-hydrogen) atoms. The first-order chi connectivity index (χ1) is 9.52. The molecule has 0 fully saturated rings. The monoisotopic (exact) mass is 353 g/mol. The summed E-state index contributed by atoms with van der Waals surface area (Å²) in [5.74, 6) is 0.895. The lowest BCUT2D eigenvalue weighted by molar-refractivity contribution is 0.719. The fraction of sp³-hybridized carbons (Fsp3) is 0.400. The van der Waals surface area contributed by atoms with Gasteiger partial charge in [-0.25, -0.2) is 0 Å². The summed E-state index contributed by atoms with van der Waals surface area (Å²) in [5.41, 5.74) is 9.44. The fourth-order valence-corrected chi connectivity index (χ4v) is 3.99. The fourth-order valence-electron chi connectivity index (χ4n) is 2.02. The molecule has 0 spiro atoms. The number of thioether (sulfide) groups is 1. The average Bonchev–Trinajstić information content (AvgIpc) is 2.71. The summed E-state index contributed by atoms with van der Waals surface area (Å²) in [6.45, 7) is 4.13. The number of halogens is 1. The summed E-state index contributed by atoms with van der Waals surface area (Å²) in [5, 5.41) is 4.52. The maximum absolute atomic E-state index is 5.93. The van der Waals surface area contributed by atoms with E-state index < -0.39 is 0 Å². The van der Waals surface area contributed by atoms with Crippen LogP contribution in [0.25, 0.3) is 0 Å². The highest BCUT2D eigenvalue weighted by molar-refractivity contribution is 9.10. The van der Waals surface area contributed by atoms with E-state index in [9.17, 15) is 0 Å². The van der Waals surface area contributed by atoms with Gasteiger partial charge >= 0.3 is 0 Å². The van der Waals surface area contributed by atoms with E-state index in [0.29, 0.717) is 0 Å². The summed E-state index contributed by atoms with van der Waals surface area (Å²) in [6, 6.07) is 8.51. The molecule has 2 N–H and O–H groups in total. The van der Waals surface area contributed by atoms with Crippen LogP contribution < -0.4 is 5.73 Å². The Bertz CT molecular complexity index is 593. The Kier molecular flexibility index (Phi) is 5.29. The molecule has 1 atom stereocenters. The van der Waals surface area contributed by atoms with E-state index >= 15 is 0 Å². The molecule has 0 radical (unpaired) electrons. The average molecular weight is 354 g/mol. The van der Waals surface area contributed by atoms with Crippen LogP contribution in [0.4, 0.5) is 0 Å². The maximum Gasteiger partial charge on any atom is 0.0767 e. The van der Waals surface area contributed by atoms with Crippen molar-refractivity contribution in [1.29, 1.82) is 0 Å². The summed E-state index contributed by atoms with van der Waals surface area (Å²) in [7, 11) is 2.00. The van der Waals surface area contributed by atoms with Gasteiger partial charge in [-0.05, 0) is 47.0 Å². The van der Waals surface area contributed by atoms with E-state index in [-0.39, 0.29) is 6.04 Å². The van der Waals surface area contributed by atoms with Crippen LogP contribution in [-0.2, 0) is 19.2 Å². The van der Waals surface area contributed by atoms with E-state index in [4.69, 9.17) is 5.73 Å². The van der Waals surface area contributed by atoms with Crippen LogP contribution >= 0.6 is 27.7 Å². The molecule has 1 aromatic carbocycles. The van der Waals surface area contributed by atoms with Gasteiger partial charge in [0.15, 0.2) is 0 Å². The lowest BCUT2D eigenvalue weighted by atomic mass is 10.1. The van der Waals surface area contributed by atoms with Crippen LogP contribution in [0.1, 0.15) is 36.8 Å². The lowest BCUT2D eigenvalue weighted by Gasteiger charge is -2.08. The van der Waals surface area contributed by atoms with E-state index in [1.165, 1.54) is 16.2 Å². The van der Waals surface area contributed by atoms with Gasteiger partial charge < -0.3 is 5.73 Å². The molecule has 0 saturated carbocycles. The number of nitrogens with two attached hydrogens (primary N) is 1. The van der Waals surface area contributed by atoms with Gasteiger partial charge in [0.25, 0.3) is 0 Å². The Labute approximate surface area is 133 Å². The molecule has 0 amide bonds. The Morgan fingerprint density at radius 2 is 2.20 bits per heavy atom. The van der Waals surface area contributed by atoms with Crippen LogP contribution in [0.15, 0.2) is 33.6 Å². The maximum atomic E-state index is 5.93. The quantitative estimate of drug-likeness (QED) is 0.824. The second-order valence-corrected chi connectivity index (χ2v) is 6.68. The number of aryl methyl sites for hydroxylation is 2. The first-order valence-corrected chi connectivity index (χ1v) is 8.49. The number of aromatic nitrogens is 2. The summed E-state index contributed by atoms with van der Waals surface area (Å²) < 4.78 is 3.10. The van der Waals surface area contributed by atoms with Crippen molar-refractivity contribution in [3.05, 3.63) is 45.7 Å². The normalized spacial score (nSPS) is 12.7. The lowest BCUT2D eigenvalue weighted by Crippen LogP contribution is -2.04. The van der Waals surface area contributed by atoms with Crippen molar-refractivity contribution in [3.63, 3.8) is 0 Å². The molecule has 0 aliphatic carbocycles. The SMILES string of the molecule is CCc1nn(C)c(CSc2cccc(C(C)N)c2)c1Br. The first kappa shape index (κ1) is 15.6. The van der Waals surface area contributed by atoms with Gasteiger partial charge in [0.05, 0.1) is 15.9 Å². The zero-order valence-corrected chi connectivity index (χ0v) is 14.5. The second-order valence-electron chi connectivity index (χ2n) is 4.83. The number of nitrogens with zero attached hydrogens (tertiary/aromatic N) is 2. The van der Waals surface area contributed by atoms with Gasteiger partial charge in [-0.3, -0.25) is 4.68 Å². The van der Waals surface area contributed by atoms with Crippen molar-refractivity contribution in [2.75, 3.05) is 0 Å². The topological polar surface area (TPSA) is 43.8 Å². The number of hydrogen-bond acceptors (Lipinski definition) is 3. The Morgan fingerprint density at radius 1 is 1.45 bits per heavy atom. The molecule has 1 aromatic heterocycles. The third-order valence-electron chi connectivity index (χ3n) is 3.26. The summed E-state index contributed by atoms with van der Waals surface area (Å²) in [4.78, 5) is 1.24. The van der Waals surface area contributed by atoms with E-state index in [1.54, 1.807) is 0 Å². The first-order valence-electron chi connectivity index (χ1n) is 6.71. The third kappa shape index (κ3) is 3.45. The van der Waals surface area contributed by atoms with Gasteiger partial charge in [-0.15, -0.1) is 11.8 Å². The standard InChI is InChI=1S/C15H20BrN3S/c1-4-13-15(16)14(19(3)18-13)9-20-12-7-5-6-11(8-12)10(2)17/h5-8,10H,4,9,17H2,1-3H3. The number of rotatable bonds is 5. The number of hydrogen-bond donors (Lipinski definition) is 1. The largest absolute Gasteiger partial charge is 0.324 e. The molecule has 108 valence electrons. The zero-order valence-electron chi connectivity index (χ0n) is 12.1. The molecule has 0 aliphatic rings. The van der Waals surface area contributed by atoms with Crippen molar-refractivity contribution in [2.24, 2.45) is 12.8 Å². The molecule has 3 nitrogen and oxygen atoms in total. The van der Waals surface area contributed by atoms with Crippen molar-refractivity contribution in [3.8, 4) is 0 Å². The molecule has 1 heterocycles. The van der Waals surface area contributed by atoms with Crippen molar-refractivity contribution in [2.45, 2.75) is 37.0 Å². The van der Waals surface area contributed by atoms with Gasteiger partial charge in [-0.1, -0.05) is 19.1 Å². The molecule has 0 saturated heterocycles. The minimum absolute atomic E-state index is 0.0747. The van der Waals surface area contributed by atoms with Crippen LogP contribution in [-0.4, -0.2) is 9.78 Å². The summed E-state index contributed by atoms with van der Waals surface area (Å²) >= 11 is 5.47. The molecule has 5 heteroatoms. The van der Waals surface area contributed by atoms with Crippen LogP contribution in [0, 0.1) is 0 Å². The molecular formula is C15H20BrN3S. The van der Waals surface area contributed by atoms with Crippen LogP contribution in [0.2, 0.25) is 0 Å². The summed E-state index contributed by atoms with van der Waals surface area (Å²) in [6.07, 6.45) is 0.944. The molecule has 2 rings (SSSR count). The Hall–Kier alpha value is -0.780. The predicted octanol–water partition coefficient (Wildman–Crippen LogP) is 4.06. The van der Waals surface area contributed by atoms with Crippen LogP contribution in [0.5, 0.6) is 0 Å². The smallest absolute Gasteiger partial charge is 0.0767 e. The van der Waals surface area contributed by atoms with Gasteiger partial charge in [0.1, 0.15) is 0 Å². The minimum Gasteiger partial charge on any atom is -0.324 e. The van der Waals surface area contributed by atoms with Crippen molar-refractivity contribution < 1.29 is 0 Å². The second kappa shape index (κ2) is 6.78. The predicted molar refractivity (Wildman–Crippen MR) is 88.9 cm³/mol. The van der Waals surface area contributed by atoms with Gasteiger partial charge in [0.2, 0.25) is 0 Å². The molecular weight excluding hydrogens is 334 g/mol. The van der Waals surface area contributed by atoms with Crippen molar-refractivity contribution in [1.82, 2.24) is 9.78 Å². The highest BCUT2D eigenvalue weighted by atomic mass is 79.9. The zero-order chi connectivity index (χ0) is 14.7. The third-order valence-corrected chi connectivity index (χ3v) is 5.18. The number of benzene rings is 1. The highest BCUT2D eigenvalue weighted by Gasteiger charge is 2.12. The van der Waals surface area contributed by atoms with E-state index in [1.807, 2.05) is 30.4 Å². The van der Waals surface area contributed by atoms with E-state index in [0.717, 1.165) is 22.3 Å².